The van der Waals surface area contributed by atoms with Crippen LogP contribution >= 0.6 is 11.3 Å². The maximum absolute atomic E-state index is 12.1. The molecule has 0 atom stereocenters. The highest BCUT2D eigenvalue weighted by Crippen LogP contribution is 2.17. The van der Waals surface area contributed by atoms with E-state index in [9.17, 15) is 9.59 Å². The van der Waals surface area contributed by atoms with Gasteiger partial charge in [-0.05, 0) is 55.5 Å². The Morgan fingerprint density at radius 1 is 0.938 bits per heavy atom. The summed E-state index contributed by atoms with van der Waals surface area (Å²) in [6.07, 6.45) is 0. The lowest BCUT2D eigenvalue weighted by molar-refractivity contribution is -0.124. The molecule has 1 amide bonds. The number of rotatable bonds is 12. The number of benzene rings is 2. The highest BCUT2D eigenvalue weighted by molar-refractivity contribution is 7.07. The number of nitrogens with zero attached hydrogens (tertiary/aromatic N) is 1. The molecule has 0 unspecified atom stereocenters. The summed E-state index contributed by atoms with van der Waals surface area (Å²) < 4.78 is 21.6. The van der Waals surface area contributed by atoms with Crippen molar-refractivity contribution in [2.24, 2.45) is 0 Å². The molecule has 0 aliphatic rings. The second kappa shape index (κ2) is 12.3. The van der Waals surface area contributed by atoms with Crippen LogP contribution in [0.15, 0.2) is 59.4 Å². The largest absolute Gasteiger partial charge is 0.494 e. The molecule has 9 heteroatoms. The number of amides is 1. The van der Waals surface area contributed by atoms with E-state index in [2.05, 4.69) is 10.3 Å². The summed E-state index contributed by atoms with van der Waals surface area (Å²) in [7, 11) is 0. The molecule has 168 valence electrons. The Hall–Kier alpha value is -3.59. The molecule has 32 heavy (non-hydrogen) atoms. The molecule has 0 aliphatic heterocycles. The van der Waals surface area contributed by atoms with Crippen molar-refractivity contribution in [1.82, 2.24) is 10.3 Å². The molecule has 0 saturated carbocycles. The van der Waals surface area contributed by atoms with Crippen LogP contribution in [-0.4, -0.2) is 43.2 Å². The van der Waals surface area contributed by atoms with Crippen LogP contribution in [0.1, 0.15) is 23.0 Å². The Morgan fingerprint density at radius 3 is 2.25 bits per heavy atom. The number of ether oxygens (including phenoxy) is 4. The summed E-state index contributed by atoms with van der Waals surface area (Å²) in [5.74, 6) is 1.06. The fourth-order valence-corrected chi connectivity index (χ4v) is 3.12. The first-order valence-electron chi connectivity index (χ1n) is 10.0. The van der Waals surface area contributed by atoms with E-state index in [1.807, 2.05) is 24.4 Å². The Kier molecular flexibility index (Phi) is 8.88. The van der Waals surface area contributed by atoms with E-state index in [1.54, 1.807) is 41.9 Å². The molecule has 1 N–H and O–H groups in total. The van der Waals surface area contributed by atoms with Crippen LogP contribution in [0.4, 0.5) is 0 Å². The maximum atomic E-state index is 12.1. The number of esters is 1. The van der Waals surface area contributed by atoms with Gasteiger partial charge in [-0.1, -0.05) is 0 Å². The minimum atomic E-state index is -0.586. The molecule has 1 aromatic heterocycles. The Morgan fingerprint density at radius 2 is 1.59 bits per heavy atom. The van der Waals surface area contributed by atoms with Crippen LogP contribution in [0.25, 0.3) is 0 Å². The van der Waals surface area contributed by atoms with Crippen molar-refractivity contribution in [2.45, 2.75) is 13.5 Å². The number of nitrogens with one attached hydrogen (secondary N) is 1. The molecule has 0 saturated heterocycles. The molecule has 1 heterocycles. The molecule has 0 fully saturated rings. The zero-order valence-corrected chi connectivity index (χ0v) is 18.4. The van der Waals surface area contributed by atoms with Crippen molar-refractivity contribution >= 4 is 23.2 Å². The van der Waals surface area contributed by atoms with Crippen molar-refractivity contribution in [3.63, 3.8) is 0 Å². The zero-order chi connectivity index (χ0) is 22.6. The Labute approximate surface area is 190 Å². The van der Waals surface area contributed by atoms with Crippen molar-refractivity contribution < 1.29 is 28.5 Å². The van der Waals surface area contributed by atoms with Gasteiger partial charge in [-0.25, -0.2) is 9.78 Å². The third-order valence-electron chi connectivity index (χ3n) is 4.12. The predicted octanol–water partition coefficient (Wildman–Crippen LogP) is 3.47. The standard InChI is InChI=1S/C23H24N2O6S/c1-2-28-19-7-9-20(10-8-19)29-12-11-24-22(26)14-31-23(27)17-3-5-21(6-4-17)30-13-18-15-32-16-25-18/h3-10,15-16H,2,11-14H2,1H3,(H,24,26). The summed E-state index contributed by atoms with van der Waals surface area (Å²) in [5, 5.41) is 4.55. The second-order valence-electron chi connectivity index (χ2n) is 6.47. The lowest BCUT2D eigenvalue weighted by atomic mass is 10.2. The lowest BCUT2D eigenvalue weighted by Gasteiger charge is -2.09. The van der Waals surface area contributed by atoms with Crippen LogP contribution < -0.4 is 19.5 Å². The lowest BCUT2D eigenvalue weighted by Crippen LogP contribution is -2.32. The van der Waals surface area contributed by atoms with E-state index in [0.29, 0.717) is 30.3 Å². The Balaban J connectivity index is 1.31. The first-order valence-corrected chi connectivity index (χ1v) is 11.0. The van der Waals surface area contributed by atoms with Crippen molar-refractivity contribution in [2.75, 3.05) is 26.4 Å². The average Bonchev–Trinajstić information content (AvgIpc) is 3.34. The number of hydrogen-bond donors (Lipinski definition) is 1. The van der Waals surface area contributed by atoms with Crippen molar-refractivity contribution in [1.29, 1.82) is 0 Å². The van der Waals surface area contributed by atoms with Gasteiger partial charge in [0.25, 0.3) is 5.91 Å². The third kappa shape index (κ3) is 7.59. The number of carbonyl (C=O) groups is 2. The van der Waals surface area contributed by atoms with Crippen LogP contribution in [0.2, 0.25) is 0 Å². The average molecular weight is 457 g/mol. The van der Waals surface area contributed by atoms with E-state index in [1.165, 1.54) is 11.3 Å². The molecular formula is C23H24N2O6S. The van der Waals surface area contributed by atoms with Gasteiger partial charge in [0.2, 0.25) is 0 Å². The number of hydrogen-bond acceptors (Lipinski definition) is 8. The number of carbonyl (C=O) groups excluding carboxylic acids is 2. The van der Waals surface area contributed by atoms with Crippen LogP contribution in [-0.2, 0) is 16.1 Å². The molecule has 0 radical (unpaired) electrons. The smallest absolute Gasteiger partial charge is 0.338 e. The topological polar surface area (TPSA) is 96.0 Å². The SMILES string of the molecule is CCOc1ccc(OCCNC(=O)COC(=O)c2ccc(OCc3cscn3)cc2)cc1. The number of aromatic nitrogens is 1. The minimum absolute atomic E-state index is 0.286. The summed E-state index contributed by atoms with van der Waals surface area (Å²) in [6.45, 7) is 3.08. The maximum Gasteiger partial charge on any atom is 0.338 e. The molecule has 3 aromatic rings. The Bertz CT molecular complexity index is 975. The van der Waals surface area contributed by atoms with Gasteiger partial charge in [0.15, 0.2) is 6.61 Å². The van der Waals surface area contributed by atoms with Gasteiger partial charge in [-0.2, -0.15) is 0 Å². The zero-order valence-electron chi connectivity index (χ0n) is 17.6. The molecule has 2 aromatic carbocycles. The summed E-state index contributed by atoms with van der Waals surface area (Å²) in [5.41, 5.74) is 2.91. The van der Waals surface area contributed by atoms with Crippen molar-refractivity contribution in [3.05, 3.63) is 70.7 Å². The van der Waals surface area contributed by atoms with Crippen LogP contribution in [0.5, 0.6) is 17.2 Å². The van der Waals surface area contributed by atoms with E-state index >= 15 is 0 Å². The fourth-order valence-electron chi connectivity index (χ4n) is 2.58. The monoisotopic (exact) mass is 456 g/mol. The van der Waals surface area contributed by atoms with Crippen LogP contribution in [0.3, 0.4) is 0 Å². The first kappa shape index (κ1) is 23.1. The molecule has 0 aliphatic carbocycles. The minimum Gasteiger partial charge on any atom is -0.494 e. The molecule has 8 nitrogen and oxygen atoms in total. The highest BCUT2D eigenvalue weighted by Gasteiger charge is 2.10. The predicted molar refractivity (Wildman–Crippen MR) is 119 cm³/mol. The van der Waals surface area contributed by atoms with E-state index in [0.717, 1.165) is 11.4 Å². The first-order chi connectivity index (χ1) is 15.6. The van der Waals surface area contributed by atoms with Gasteiger partial charge in [0.05, 0.1) is 29.9 Å². The van der Waals surface area contributed by atoms with E-state index < -0.39 is 11.9 Å². The normalized spacial score (nSPS) is 10.3. The molecule has 0 spiro atoms. The van der Waals surface area contributed by atoms with Gasteiger partial charge >= 0.3 is 5.97 Å². The highest BCUT2D eigenvalue weighted by atomic mass is 32.1. The quantitative estimate of drug-likeness (QED) is 0.329. The van der Waals surface area contributed by atoms with E-state index in [-0.39, 0.29) is 19.8 Å². The summed E-state index contributed by atoms with van der Waals surface area (Å²) >= 11 is 1.50. The summed E-state index contributed by atoms with van der Waals surface area (Å²) in [6, 6.07) is 13.7. The van der Waals surface area contributed by atoms with Gasteiger partial charge in [-0.15, -0.1) is 11.3 Å². The third-order valence-corrected chi connectivity index (χ3v) is 4.76. The van der Waals surface area contributed by atoms with Gasteiger partial charge in [-0.3, -0.25) is 4.79 Å². The van der Waals surface area contributed by atoms with E-state index in [4.69, 9.17) is 18.9 Å². The van der Waals surface area contributed by atoms with Gasteiger partial charge < -0.3 is 24.3 Å². The molecule has 0 bridgehead atoms. The van der Waals surface area contributed by atoms with Gasteiger partial charge in [0.1, 0.15) is 30.5 Å². The fraction of sp³-hybridized carbons (Fsp3) is 0.261. The molecule has 3 rings (SSSR count). The number of thiazole rings is 1. The molecular weight excluding hydrogens is 432 g/mol. The van der Waals surface area contributed by atoms with Crippen molar-refractivity contribution in [3.8, 4) is 17.2 Å². The summed E-state index contributed by atoms with van der Waals surface area (Å²) in [4.78, 5) is 28.1. The second-order valence-corrected chi connectivity index (χ2v) is 7.19. The van der Waals surface area contributed by atoms with Gasteiger partial charge in [0, 0.05) is 5.38 Å². The van der Waals surface area contributed by atoms with Crippen LogP contribution in [0, 0.1) is 0 Å².